The topological polar surface area (TPSA) is 29.9 Å². The third-order valence-electron chi connectivity index (χ3n) is 2.86. The van der Waals surface area contributed by atoms with E-state index in [1.807, 2.05) is 36.0 Å². The van der Waals surface area contributed by atoms with Crippen molar-refractivity contribution in [3.63, 3.8) is 0 Å². The average molecular weight is 278 g/mol. The number of rotatable bonds is 5. The summed E-state index contributed by atoms with van der Waals surface area (Å²) in [5, 5.41) is 8.51. The molecule has 0 saturated carbocycles. The minimum atomic E-state index is 0.654. The van der Waals surface area contributed by atoms with Crippen LogP contribution < -0.4 is 5.32 Å². The Bertz CT molecular complexity index is 546. The van der Waals surface area contributed by atoms with Crippen molar-refractivity contribution in [3.05, 3.63) is 46.7 Å². The van der Waals surface area contributed by atoms with E-state index in [9.17, 15) is 0 Å². The normalized spacial score (nSPS) is 11.2. The lowest BCUT2D eigenvalue weighted by molar-refractivity contribution is 0.552. The third kappa shape index (κ3) is 3.82. The number of halogens is 1. The number of hydrogen-bond acceptors (Lipinski definition) is 2. The minimum absolute atomic E-state index is 0.654. The second-order valence-electron chi connectivity index (χ2n) is 5.21. The van der Waals surface area contributed by atoms with Crippen LogP contribution in [-0.4, -0.2) is 16.3 Å². The molecule has 0 aliphatic carbocycles. The van der Waals surface area contributed by atoms with Crippen LogP contribution in [0.3, 0.4) is 0 Å². The fraction of sp³-hybridized carbons (Fsp3) is 0.400. The van der Waals surface area contributed by atoms with E-state index < -0.39 is 0 Å². The van der Waals surface area contributed by atoms with E-state index in [2.05, 4.69) is 30.3 Å². The molecule has 1 aromatic carbocycles. The molecule has 3 nitrogen and oxygen atoms in total. The minimum Gasteiger partial charge on any atom is -0.312 e. The summed E-state index contributed by atoms with van der Waals surface area (Å²) in [6.45, 7) is 8.22. The maximum Gasteiger partial charge on any atom is 0.0832 e. The van der Waals surface area contributed by atoms with Crippen molar-refractivity contribution >= 4 is 11.6 Å². The standard InChI is InChI=1S/C15H20ClN3/c1-11(2)9-17-10-13-4-5-15(14(16)8-13)19-7-6-12(3)18-19/h4-8,11,17H,9-10H2,1-3H3. The van der Waals surface area contributed by atoms with Gasteiger partial charge in [-0.2, -0.15) is 5.10 Å². The molecule has 0 radical (unpaired) electrons. The van der Waals surface area contributed by atoms with E-state index in [1.54, 1.807) is 0 Å². The van der Waals surface area contributed by atoms with Gasteiger partial charge in [0.25, 0.3) is 0 Å². The van der Waals surface area contributed by atoms with Crippen LogP contribution in [0.1, 0.15) is 25.1 Å². The zero-order valence-corrected chi connectivity index (χ0v) is 12.4. The van der Waals surface area contributed by atoms with Crippen molar-refractivity contribution in [1.82, 2.24) is 15.1 Å². The smallest absolute Gasteiger partial charge is 0.0832 e. The Labute approximate surface area is 119 Å². The number of aryl methyl sites for hydroxylation is 1. The monoisotopic (exact) mass is 277 g/mol. The molecule has 2 aromatic rings. The van der Waals surface area contributed by atoms with E-state index in [-0.39, 0.29) is 0 Å². The van der Waals surface area contributed by atoms with Gasteiger partial charge in [-0.05, 0) is 43.1 Å². The first-order valence-electron chi connectivity index (χ1n) is 6.58. The summed E-state index contributed by atoms with van der Waals surface area (Å²) in [6.07, 6.45) is 1.92. The highest BCUT2D eigenvalue weighted by Gasteiger charge is 2.05. The van der Waals surface area contributed by atoms with Crippen molar-refractivity contribution in [3.8, 4) is 5.69 Å². The van der Waals surface area contributed by atoms with Gasteiger partial charge in [0.2, 0.25) is 0 Å². The Morgan fingerprint density at radius 3 is 2.68 bits per heavy atom. The second kappa shape index (κ2) is 6.22. The van der Waals surface area contributed by atoms with E-state index in [0.29, 0.717) is 5.92 Å². The molecular formula is C15H20ClN3. The molecule has 19 heavy (non-hydrogen) atoms. The van der Waals surface area contributed by atoms with Gasteiger partial charge in [0.1, 0.15) is 0 Å². The lowest BCUT2D eigenvalue weighted by atomic mass is 10.2. The van der Waals surface area contributed by atoms with Crippen LogP contribution in [0.4, 0.5) is 0 Å². The number of hydrogen-bond donors (Lipinski definition) is 1. The Morgan fingerprint density at radius 1 is 1.32 bits per heavy atom. The van der Waals surface area contributed by atoms with E-state index >= 15 is 0 Å². The highest BCUT2D eigenvalue weighted by atomic mass is 35.5. The molecule has 0 aliphatic heterocycles. The van der Waals surface area contributed by atoms with Crippen LogP contribution in [0.15, 0.2) is 30.5 Å². The third-order valence-corrected chi connectivity index (χ3v) is 3.17. The van der Waals surface area contributed by atoms with Gasteiger partial charge >= 0.3 is 0 Å². The zero-order chi connectivity index (χ0) is 13.8. The fourth-order valence-electron chi connectivity index (χ4n) is 1.90. The summed E-state index contributed by atoms with van der Waals surface area (Å²) >= 11 is 6.33. The van der Waals surface area contributed by atoms with Gasteiger partial charge in [0, 0.05) is 12.7 Å². The SMILES string of the molecule is Cc1ccn(-c2ccc(CNCC(C)C)cc2Cl)n1. The summed E-state index contributed by atoms with van der Waals surface area (Å²) in [4.78, 5) is 0. The zero-order valence-electron chi connectivity index (χ0n) is 11.7. The molecular weight excluding hydrogens is 258 g/mol. The van der Waals surface area contributed by atoms with Gasteiger partial charge in [-0.3, -0.25) is 0 Å². The largest absolute Gasteiger partial charge is 0.312 e. The average Bonchev–Trinajstić information content (AvgIpc) is 2.75. The molecule has 0 amide bonds. The summed E-state index contributed by atoms with van der Waals surface area (Å²) in [5.74, 6) is 0.654. The molecule has 1 heterocycles. The molecule has 0 bridgehead atoms. The Kier molecular flexibility index (Phi) is 4.61. The molecule has 0 spiro atoms. The molecule has 0 fully saturated rings. The predicted octanol–water partition coefficient (Wildman–Crippen LogP) is 3.58. The van der Waals surface area contributed by atoms with E-state index in [0.717, 1.165) is 29.5 Å². The van der Waals surface area contributed by atoms with E-state index in [1.165, 1.54) is 5.56 Å². The van der Waals surface area contributed by atoms with Gasteiger partial charge in [-0.1, -0.05) is 31.5 Å². The molecule has 0 saturated heterocycles. The molecule has 1 aromatic heterocycles. The number of benzene rings is 1. The van der Waals surface area contributed by atoms with Crippen LogP contribution in [-0.2, 0) is 6.54 Å². The Morgan fingerprint density at radius 2 is 2.11 bits per heavy atom. The fourth-order valence-corrected chi connectivity index (χ4v) is 2.19. The van der Waals surface area contributed by atoms with Crippen LogP contribution in [0, 0.1) is 12.8 Å². The molecule has 4 heteroatoms. The van der Waals surface area contributed by atoms with Crippen molar-refractivity contribution < 1.29 is 0 Å². The molecule has 2 rings (SSSR count). The van der Waals surface area contributed by atoms with Gasteiger partial charge in [0.15, 0.2) is 0 Å². The first-order valence-corrected chi connectivity index (χ1v) is 6.96. The summed E-state index contributed by atoms with van der Waals surface area (Å²) in [7, 11) is 0. The van der Waals surface area contributed by atoms with Crippen molar-refractivity contribution in [2.45, 2.75) is 27.3 Å². The summed E-state index contributed by atoms with van der Waals surface area (Å²) in [6, 6.07) is 8.07. The lowest BCUT2D eigenvalue weighted by Crippen LogP contribution is -2.18. The molecule has 0 atom stereocenters. The lowest BCUT2D eigenvalue weighted by Gasteiger charge is -2.10. The maximum absolute atomic E-state index is 6.33. The summed E-state index contributed by atoms with van der Waals surface area (Å²) in [5.41, 5.74) is 3.10. The molecule has 102 valence electrons. The van der Waals surface area contributed by atoms with E-state index in [4.69, 9.17) is 11.6 Å². The predicted molar refractivity (Wildman–Crippen MR) is 79.9 cm³/mol. The van der Waals surface area contributed by atoms with Gasteiger partial charge in [-0.15, -0.1) is 0 Å². The molecule has 0 aliphatic rings. The van der Waals surface area contributed by atoms with Crippen molar-refractivity contribution in [1.29, 1.82) is 0 Å². The second-order valence-corrected chi connectivity index (χ2v) is 5.62. The van der Waals surface area contributed by atoms with Crippen LogP contribution in [0.5, 0.6) is 0 Å². The Balaban J connectivity index is 2.09. The highest BCUT2D eigenvalue weighted by Crippen LogP contribution is 2.21. The molecule has 1 N–H and O–H groups in total. The quantitative estimate of drug-likeness (QED) is 0.905. The first-order chi connectivity index (χ1) is 9.06. The van der Waals surface area contributed by atoms with Crippen LogP contribution in [0.2, 0.25) is 5.02 Å². The van der Waals surface area contributed by atoms with Crippen LogP contribution in [0.25, 0.3) is 5.69 Å². The van der Waals surface area contributed by atoms with Crippen molar-refractivity contribution in [2.75, 3.05) is 6.54 Å². The molecule has 0 unspecified atom stereocenters. The first kappa shape index (κ1) is 14.1. The highest BCUT2D eigenvalue weighted by molar-refractivity contribution is 6.32. The Hall–Kier alpha value is -1.32. The number of nitrogens with one attached hydrogen (secondary N) is 1. The maximum atomic E-state index is 6.33. The van der Waals surface area contributed by atoms with Gasteiger partial charge in [0.05, 0.1) is 16.4 Å². The van der Waals surface area contributed by atoms with Crippen molar-refractivity contribution in [2.24, 2.45) is 5.92 Å². The number of aromatic nitrogens is 2. The number of nitrogens with zero attached hydrogens (tertiary/aromatic N) is 2. The van der Waals surface area contributed by atoms with Gasteiger partial charge in [-0.25, -0.2) is 4.68 Å². The van der Waals surface area contributed by atoms with Gasteiger partial charge < -0.3 is 5.32 Å². The summed E-state index contributed by atoms with van der Waals surface area (Å²) < 4.78 is 1.81. The van der Waals surface area contributed by atoms with Crippen LogP contribution >= 0.6 is 11.6 Å².